The number of rotatable bonds is 8. The van der Waals surface area contributed by atoms with Crippen molar-refractivity contribution in [2.45, 2.75) is 25.1 Å². The van der Waals surface area contributed by atoms with Crippen LogP contribution in [0.25, 0.3) is 0 Å². The Morgan fingerprint density at radius 1 is 1.27 bits per heavy atom. The number of nitrogens with zero attached hydrogens (tertiary/aromatic N) is 1. The van der Waals surface area contributed by atoms with Gasteiger partial charge >= 0.3 is 0 Å². The largest absolute Gasteiger partial charge is 0.389 e. The van der Waals surface area contributed by atoms with Gasteiger partial charge in [0, 0.05) is 32.8 Å². The van der Waals surface area contributed by atoms with Gasteiger partial charge in [0.25, 0.3) is 0 Å². The Morgan fingerprint density at radius 2 is 1.95 bits per heavy atom. The highest BCUT2D eigenvalue weighted by atomic mass is 16.5. The van der Waals surface area contributed by atoms with Crippen molar-refractivity contribution in [1.29, 1.82) is 0 Å². The molecule has 2 rings (SSSR count). The average Bonchev–Trinajstić information content (AvgIpc) is 2.55. The van der Waals surface area contributed by atoms with E-state index in [-0.39, 0.29) is 12.1 Å². The molecule has 1 aromatic rings. The maximum Gasteiger partial charge on any atom is 0.0897 e. The van der Waals surface area contributed by atoms with E-state index in [4.69, 9.17) is 9.47 Å². The zero-order valence-electron chi connectivity index (χ0n) is 13.6. The van der Waals surface area contributed by atoms with E-state index >= 15 is 0 Å². The van der Waals surface area contributed by atoms with Crippen molar-refractivity contribution in [2.75, 3.05) is 46.6 Å². The Hall–Kier alpha value is -0.980. The summed E-state index contributed by atoms with van der Waals surface area (Å²) >= 11 is 0. The van der Waals surface area contributed by atoms with Crippen LogP contribution in [0.2, 0.25) is 0 Å². The number of ether oxygens (including phenoxy) is 2. The van der Waals surface area contributed by atoms with Crippen LogP contribution in [-0.4, -0.2) is 68.7 Å². The highest BCUT2D eigenvalue weighted by Gasteiger charge is 2.27. The fourth-order valence-corrected chi connectivity index (χ4v) is 3.01. The molecular formula is C17H28N2O3. The highest BCUT2D eigenvalue weighted by molar-refractivity contribution is 5.21. The molecule has 0 bridgehead atoms. The summed E-state index contributed by atoms with van der Waals surface area (Å²) in [4.78, 5) is 2.46. The second-order valence-electron chi connectivity index (χ2n) is 5.81. The number of nitrogens with one attached hydrogen (secondary N) is 1. The van der Waals surface area contributed by atoms with Crippen LogP contribution >= 0.6 is 0 Å². The van der Waals surface area contributed by atoms with E-state index in [1.165, 1.54) is 5.56 Å². The van der Waals surface area contributed by atoms with Crippen LogP contribution in [0.3, 0.4) is 0 Å². The van der Waals surface area contributed by atoms with Gasteiger partial charge in [0.2, 0.25) is 0 Å². The van der Waals surface area contributed by atoms with Crippen LogP contribution in [0.1, 0.15) is 18.5 Å². The number of aliphatic hydroxyl groups excluding tert-OH is 1. The van der Waals surface area contributed by atoms with E-state index in [1.54, 1.807) is 7.11 Å². The van der Waals surface area contributed by atoms with Gasteiger partial charge in [-0.25, -0.2) is 0 Å². The summed E-state index contributed by atoms with van der Waals surface area (Å²) in [6.45, 7) is 6.49. The quantitative estimate of drug-likeness (QED) is 0.752. The van der Waals surface area contributed by atoms with Crippen molar-refractivity contribution in [3.8, 4) is 0 Å². The molecule has 5 heteroatoms. The molecule has 3 unspecified atom stereocenters. The summed E-state index contributed by atoms with van der Waals surface area (Å²) < 4.78 is 10.5. The van der Waals surface area contributed by atoms with Gasteiger partial charge in [0.1, 0.15) is 0 Å². The summed E-state index contributed by atoms with van der Waals surface area (Å²) in [5.74, 6) is 0. The van der Waals surface area contributed by atoms with Crippen LogP contribution in [0.4, 0.5) is 0 Å². The van der Waals surface area contributed by atoms with Gasteiger partial charge in [-0.3, -0.25) is 4.90 Å². The lowest BCUT2D eigenvalue weighted by Crippen LogP contribution is -2.48. The number of benzene rings is 1. The van der Waals surface area contributed by atoms with Crippen molar-refractivity contribution < 1.29 is 14.6 Å². The molecular weight excluding hydrogens is 280 g/mol. The molecule has 22 heavy (non-hydrogen) atoms. The molecule has 0 aromatic heterocycles. The molecule has 0 spiro atoms. The van der Waals surface area contributed by atoms with E-state index in [0.717, 1.165) is 26.3 Å². The van der Waals surface area contributed by atoms with Gasteiger partial charge in [-0.05, 0) is 12.5 Å². The molecule has 0 amide bonds. The minimum absolute atomic E-state index is 0.229. The summed E-state index contributed by atoms with van der Waals surface area (Å²) in [5.41, 5.74) is 1.30. The third kappa shape index (κ3) is 5.04. The standard InChI is InChI=1S/C17H28N2O3/c1-14(18-12-16(20)13-21-2)17(15-6-4-3-5-7-15)19-8-10-22-11-9-19/h3-7,14,16-18,20H,8-13H2,1-2H3. The molecule has 3 atom stereocenters. The molecule has 1 fully saturated rings. The lowest BCUT2D eigenvalue weighted by Gasteiger charge is -2.38. The number of morpholine rings is 1. The molecule has 2 N–H and O–H groups in total. The first-order valence-electron chi connectivity index (χ1n) is 7.99. The van der Waals surface area contributed by atoms with Crippen molar-refractivity contribution in [1.82, 2.24) is 10.2 Å². The second kappa shape index (κ2) is 9.22. The smallest absolute Gasteiger partial charge is 0.0897 e. The first kappa shape index (κ1) is 17.4. The first-order valence-corrected chi connectivity index (χ1v) is 7.99. The van der Waals surface area contributed by atoms with Gasteiger partial charge in [-0.1, -0.05) is 30.3 Å². The average molecular weight is 308 g/mol. The van der Waals surface area contributed by atoms with Crippen LogP contribution in [0.15, 0.2) is 30.3 Å². The summed E-state index contributed by atoms with van der Waals surface area (Å²) in [6, 6.07) is 11.0. The van der Waals surface area contributed by atoms with E-state index in [2.05, 4.69) is 41.4 Å². The molecule has 1 saturated heterocycles. The monoisotopic (exact) mass is 308 g/mol. The van der Waals surface area contributed by atoms with E-state index in [0.29, 0.717) is 13.2 Å². The summed E-state index contributed by atoms with van der Waals surface area (Å²) in [7, 11) is 1.60. The maximum absolute atomic E-state index is 9.84. The number of hydrogen-bond donors (Lipinski definition) is 2. The third-order valence-corrected chi connectivity index (χ3v) is 4.09. The van der Waals surface area contributed by atoms with Crippen molar-refractivity contribution in [3.63, 3.8) is 0 Å². The number of aliphatic hydroxyl groups is 1. The lowest BCUT2D eigenvalue weighted by atomic mass is 9.98. The molecule has 0 saturated carbocycles. The third-order valence-electron chi connectivity index (χ3n) is 4.09. The molecule has 0 aliphatic carbocycles. The molecule has 1 aliphatic rings. The Bertz CT molecular complexity index is 410. The molecule has 1 heterocycles. The maximum atomic E-state index is 9.84. The van der Waals surface area contributed by atoms with Crippen LogP contribution in [0.5, 0.6) is 0 Å². The SMILES string of the molecule is COCC(O)CNC(C)C(c1ccccc1)N1CCOCC1. The first-order chi connectivity index (χ1) is 10.7. The van der Waals surface area contributed by atoms with Gasteiger partial charge < -0.3 is 19.9 Å². The zero-order valence-corrected chi connectivity index (χ0v) is 13.6. The van der Waals surface area contributed by atoms with Gasteiger partial charge in [-0.2, -0.15) is 0 Å². The normalized spacial score (nSPS) is 20.5. The molecule has 0 radical (unpaired) electrons. The zero-order chi connectivity index (χ0) is 15.8. The fourth-order valence-electron chi connectivity index (χ4n) is 3.01. The second-order valence-corrected chi connectivity index (χ2v) is 5.81. The number of methoxy groups -OCH3 is 1. The molecule has 1 aliphatic heterocycles. The lowest BCUT2D eigenvalue weighted by molar-refractivity contribution is 0.00615. The van der Waals surface area contributed by atoms with E-state index in [9.17, 15) is 5.11 Å². The Kier molecular flexibility index (Phi) is 7.29. The highest BCUT2D eigenvalue weighted by Crippen LogP contribution is 2.25. The van der Waals surface area contributed by atoms with Crippen molar-refractivity contribution in [3.05, 3.63) is 35.9 Å². The molecule has 5 nitrogen and oxygen atoms in total. The summed E-state index contributed by atoms with van der Waals surface area (Å²) in [6.07, 6.45) is -0.478. The topological polar surface area (TPSA) is 54.0 Å². The van der Waals surface area contributed by atoms with Crippen molar-refractivity contribution in [2.24, 2.45) is 0 Å². The predicted octanol–water partition coefficient (Wildman–Crippen LogP) is 1.05. The minimum Gasteiger partial charge on any atom is -0.389 e. The van der Waals surface area contributed by atoms with Gasteiger partial charge in [-0.15, -0.1) is 0 Å². The summed E-state index contributed by atoms with van der Waals surface area (Å²) in [5, 5.41) is 13.3. The Morgan fingerprint density at radius 3 is 2.59 bits per heavy atom. The van der Waals surface area contributed by atoms with Crippen LogP contribution in [-0.2, 0) is 9.47 Å². The Labute approximate surface area is 133 Å². The fraction of sp³-hybridized carbons (Fsp3) is 0.647. The molecule has 1 aromatic carbocycles. The van der Waals surface area contributed by atoms with E-state index in [1.807, 2.05) is 6.07 Å². The molecule has 124 valence electrons. The minimum atomic E-state index is -0.478. The Balaban J connectivity index is 2.03. The van der Waals surface area contributed by atoms with Crippen LogP contribution < -0.4 is 5.32 Å². The van der Waals surface area contributed by atoms with Gasteiger partial charge in [0.05, 0.1) is 32.0 Å². The van der Waals surface area contributed by atoms with Crippen LogP contribution in [0, 0.1) is 0 Å². The van der Waals surface area contributed by atoms with Crippen molar-refractivity contribution >= 4 is 0 Å². The van der Waals surface area contributed by atoms with E-state index < -0.39 is 6.10 Å². The predicted molar refractivity (Wildman–Crippen MR) is 86.9 cm³/mol. The number of hydrogen-bond acceptors (Lipinski definition) is 5. The van der Waals surface area contributed by atoms with Gasteiger partial charge in [0.15, 0.2) is 0 Å².